The number of carbonyl (C=O) groups excluding carboxylic acids is 1. The molecular weight excluding hydrogens is 252 g/mol. The molecule has 0 saturated carbocycles. The van der Waals surface area contributed by atoms with E-state index in [1.54, 1.807) is 4.68 Å². The topological polar surface area (TPSA) is 59.8 Å². The second-order valence-electron chi connectivity index (χ2n) is 4.71. The Bertz CT molecular complexity index is 560. The smallest absolute Gasteiger partial charge is 0.251 e. The Labute approximate surface area is 119 Å². The number of benzene rings is 1. The predicted octanol–water partition coefficient (Wildman–Crippen LogP) is 2.36. The zero-order chi connectivity index (χ0) is 14.4. The Morgan fingerprint density at radius 3 is 2.60 bits per heavy atom. The number of nitrogens with one attached hydrogen (secondary N) is 1. The maximum atomic E-state index is 11.8. The van der Waals surface area contributed by atoms with Gasteiger partial charge in [-0.25, -0.2) is 4.68 Å². The fourth-order valence-corrected chi connectivity index (χ4v) is 1.90. The van der Waals surface area contributed by atoms with Crippen LogP contribution in [0.4, 0.5) is 0 Å². The lowest BCUT2D eigenvalue weighted by Gasteiger charge is -2.04. The van der Waals surface area contributed by atoms with Crippen LogP contribution in [0.25, 0.3) is 5.69 Å². The fourth-order valence-electron chi connectivity index (χ4n) is 1.90. The quantitative estimate of drug-likeness (QED) is 0.878. The van der Waals surface area contributed by atoms with Crippen LogP contribution in [0.5, 0.6) is 0 Å². The molecule has 1 aromatic heterocycles. The van der Waals surface area contributed by atoms with Gasteiger partial charge in [0.1, 0.15) is 0 Å². The highest BCUT2D eigenvalue weighted by atomic mass is 16.1. The molecule has 1 N–H and O–H groups in total. The Hall–Kier alpha value is -2.17. The van der Waals surface area contributed by atoms with E-state index in [1.165, 1.54) is 0 Å². The van der Waals surface area contributed by atoms with Gasteiger partial charge in [0.2, 0.25) is 0 Å². The molecule has 0 aliphatic rings. The molecule has 20 heavy (non-hydrogen) atoms. The molecule has 1 amide bonds. The molecule has 106 valence electrons. The molecule has 5 nitrogen and oxygen atoms in total. The zero-order valence-electron chi connectivity index (χ0n) is 12.0. The third kappa shape index (κ3) is 3.44. The van der Waals surface area contributed by atoms with E-state index >= 15 is 0 Å². The van der Waals surface area contributed by atoms with Crippen molar-refractivity contribution in [3.63, 3.8) is 0 Å². The van der Waals surface area contributed by atoms with Crippen molar-refractivity contribution in [2.24, 2.45) is 0 Å². The third-order valence-corrected chi connectivity index (χ3v) is 2.98. The summed E-state index contributed by atoms with van der Waals surface area (Å²) in [7, 11) is 0. The number of rotatable bonds is 6. The highest BCUT2D eigenvalue weighted by Gasteiger charge is 2.06. The molecule has 0 fully saturated rings. The normalized spacial score (nSPS) is 10.5. The molecular formula is C15H20N4O. The minimum Gasteiger partial charge on any atom is -0.352 e. The number of amides is 1. The first-order valence-electron chi connectivity index (χ1n) is 7.04. The van der Waals surface area contributed by atoms with Gasteiger partial charge in [0, 0.05) is 12.1 Å². The number of hydrogen-bond acceptors (Lipinski definition) is 3. The van der Waals surface area contributed by atoms with E-state index in [1.807, 2.05) is 37.4 Å². The molecule has 0 aliphatic heterocycles. The summed E-state index contributed by atoms with van der Waals surface area (Å²) in [5.74, 6) is -0.0383. The Balaban J connectivity index is 2.08. The molecule has 0 unspecified atom stereocenters. The van der Waals surface area contributed by atoms with E-state index in [2.05, 4.69) is 22.6 Å². The van der Waals surface area contributed by atoms with E-state index in [9.17, 15) is 4.79 Å². The summed E-state index contributed by atoms with van der Waals surface area (Å²) < 4.78 is 1.73. The van der Waals surface area contributed by atoms with Crippen LogP contribution in [0.2, 0.25) is 0 Å². The Kier molecular flexibility index (Phi) is 4.87. The molecule has 2 aromatic rings. The Morgan fingerprint density at radius 2 is 1.95 bits per heavy atom. The number of aromatic nitrogens is 3. The second kappa shape index (κ2) is 6.84. The van der Waals surface area contributed by atoms with Crippen molar-refractivity contribution in [3.8, 4) is 5.69 Å². The molecule has 0 radical (unpaired) electrons. The van der Waals surface area contributed by atoms with Gasteiger partial charge in [0.25, 0.3) is 5.91 Å². The summed E-state index contributed by atoms with van der Waals surface area (Å²) in [4.78, 5) is 11.8. The highest BCUT2D eigenvalue weighted by Crippen LogP contribution is 2.10. The van der Waals surface area contributed by atoms with Crippen molar-refractivity contribution < 1.29 is 4.79 Å². The van der Waals surface area contributed by atoms with E-state index in [0.717, 1.165) is 30.6 Å². The van der Waals surface area contributed by atoms with E-state index in [0.29, 0.717) is 12.1 Å². The molecule has 0 saturated heterocycles. The molecule has 5 heteroatoms. The predicted molar refractivity (Wildman–Crippen MR) is 78.0 cm³/mol. The molecule has 2 rings (SSSR count). The number of carbonyl (C=O) groups is 1. The monoisotopic (exact) mass is 272 g/mol. The largest absolute Gasteiger partial charge is 0.352 e. The van der Waals surface area contributed by atoms with Gasteiger partial charge in [-0.2, -0.15) is 0 Å². The van der Waals surface area contributed by atoms with Crippen LogP contribution in [-0.2, 0) is 6.42 Å². The minimum absolute atomic E-state index is 0.0383. The van der Waals surface area contributed by atoms with E-state index in [4.69, 9.17) is 0 Å². The van der Waals surface area contributed by atoms with Crippen LogP contribution in [0, 0.1) is 0 Å². The maximum absolute atomic E-state index is 11.8. The van der Waals surface area contributed by atoms with Gasteiger partial charge < -0.3 is 5.32 Å². The van der Waals surface area contributed by atoms with E-state index in [-0.39, 0.29) is 5.91 Å². The summed E-state index contributed by atoms with van der Waals surface area (Å²) in [5.41, 5.74) is 2.56. The van der Waals surface area contributed by atoms with Crippen LogP contribution >= 0.6 is 0 Å². The number of aryl methyl sites for hydroxylation is 1. The number of nitrogens with zero attached hydrogens (tertiary/aromatic N) is 3. The van der Waals surface area contributed by atoms with Crippen molar-refractivity contribution >= 4 is 5.91 Å². The van der Waals surface area contributed by atoms with Crippen LogP contribution in [-0.4, -0.2) is 27.4 Å². The molecule has 0 aliphatic carbocycles. The molecule has 1 heterocycles. The zero-order valence-corrected chi connectivity index (χ0v) is 12.0. The SMILES string of the molecule is CCCNC(=O)c1ccc(-n2cc(CCC)nn2)cc1. The van der Waals surface area contributed by atoms with E-state index < -0.39 is 0 Å². The van der Waals surface area contributed by atoms with Gasteiger partial charge in [0.15, 0.2) is 0 Å². The van der Waals surface area contributed by atoms with Gasteiger partial charge >= 0.3 is 0 Å². The average Bonchev–Trinajstić information content (AvgIpc) is 2.94. The first-order valence-corrected chi connectivity index (χ1v) is 7.04. The first-order chi connectivity index (χ1) is 9.74. The van der Waals surface area contributed by atoms with Crippen molar-refractivity contribution in [1.82, 2.24) is 20.3 Å². The summed E-state index contributed by atoms with van der Waals surface area (Å²) in [6.07, 6.45) is 4.84. The highest BCUT2D eigenvalue weighted by molar-refractivity contribution is 5.94. The lowest BCUT2D eigenvalue weighted by Crippen LogP contribution is -2.23. The average molecular weight is 272 g/mol. The van der Waals surface area contributed by atoms with Crippen molar-refractivity contribution in [3.05, 3.63) is 41.7 Å². The van der Waals surface area contributed by atoms with Gasteiger partial charge in [-0.1, -0.05) is 25.5 Å². The fraction of sp³-hybridized carbons (Fsp3) is 0.400. The standard InChI is InChI=1S/C15H20N4O/c1-3-5-13-11-19(18-17-13)14-8-6-12(7-9-14)15(20)16-10-4-2/h6-9,11H,3-5,10H2,1-2H3,(H,16,20). The first kappa shape index (κ1) is 14.2. The van der Waals surface area contributed by atoms with Gasteiger partial charge in [0.05, 0.1) is 17.6 Å². The molecule has 0 atom stereocenters. The third-order valence-electron chi connectivity index (χ3n) is 2.98. The van der Waals surface area contributed by atoms with Gasteiger partial charge in [-0.15, -0.1) is 5.10 Å². The van der Waals surface area contributed by atoms with Crippen molar-refractivity contribution in [1.29, 1.82) is 0 Å². The lowest BCUT2D eigenvalue weighted by molar-refractivity contribution is 0.0953. The molecule has 0 spiro atoms. The van der Waals surface area contributed by atoms with Gasteiger partial charge in [-0.3, -0.25) is 4.79 Å². The summed E-state index contributed by atoms with van der Waals surface area (Å²) in [5, 5.41) is 11.1. The van der Waals surface area contributed by atoms with Crippen LogP contribution in [0.15, 0.2) is 30.5 Å². The summed E-state index contributed by atoms with van der Waals surface area (Å²) in [6, 6.07) is 7.37. The second-order valence-corrected chi connectivity index (χ2v) is 4.71. The van der Waals surface area contributed by atoms with Crippen LogP contribution in [0.1, 0.15) is 42.7 Å². The summed E-state index contributed by atoms with van der Waals surface area (Å²) in [6.45, 7) is 4.84. The Morgan fingerprint density at radius 1 is 1.20 bits per heavy atom. The van der Waals surface area contributed by atoms with Crippen molar-refractivity contribution in [2.75, 3.05) is 6.54 Å². The van der Waals surface area contributed by atoms with Crippen molar-refractivity contribution in [2.45, 2.75) is 33.1 Å². The van der Waals surface area contributed by atoms with Crippen LogP contribution in [0.3, 0.4) is 0 Å². The van der Waals surface area contributed by atoms with Gasteiger partial charge in [-0.05, 0) is 37.1 Å². The molecule has 1 aromatic carbocycles. The van der Waals surface area contributed by atoms with Crippen LogP contribution < -0.4 is 5.32 Å². The molecule has 0 bridgehead atoms. The lowest BCUT2D eigenvalue weighted by atomic mass is 10.2. The number of hydrogen-bond donors (Lipinski definition) is 1. The summed E-state index contributed by atoms with van der Waals surface area (Å²) >= 11 is 0. The maximum Gasteiger partial charge on any atom is 0.251 e. The minimum atomic E-state index is -0.0383.